The predicted molar refractivity (Wildman–Crippen MR) is 150 cm³/mol. The second kappa shape index (κ2) is 8.26. The van der Waals surface area contributed by atoms with Gasteiger partial charge in [0.25, 0.3) is 0 Å². The number of hydrogen-bond donors (Lipinski definition) is 0. The molecule has 0 spiro atoms. The van der Waals surface area contributed by atoms with Crippen LogP contribution in [0.4, 0.5) is 0 Å². The van der Waals surface area contributed by atoms with E-state index >= 15 is 0 Å². The zero-order valence-electron chi connectivity index (χ0n) is 19.6. The summed E-state index contributed by atoms with van der Waals surface area (Å²) < 4.78 is 5.17. The fourth-order valence-corrected chi connectivity index (χ4v) is 7.93. The third-order valence-electron chi connectivity index (χ3n) is 6.47. The summed E-state index contributed by atoms with van der Waals surface area (Å²) in [6, 6.07) is 34.9. The second-order valence-electron chi connectivity index (χ2n) is 9.78. The van der Waals surface area contributed by atoms with Crippen LogP contribution in [0.15, 0.2) is 102 Å². The first-order valence-electron chi connectivity index (χ1n) is 11.6. The van der Waals surface area contributed by atoms with Gasteiger partial charge in [0, 0.05) is 0 Å². The van der Waals surface area contributed by atoms with E-state index in [-0.39, 0.29) is 0 Å². The van der Waals surface area contributed by atoms with E-state index in [0.717, 1.165) is 22.5 Å². The molecule has 0 saturated carbocycles. The summed E-state index contributed by atoms with van der Waals surface area (Å²) in [5.74, 6) is 8.38. The molecule has 2 nitrogen and oxygen atoms in total. The van der Waals surface area contributed by atoms with Crippen molar-refractivity contribution in [1.82, 2.24) is 9.55 Å². The number of benzene rings is 4. The monoisotopic (exact) mass is 520 g/mol. The van der Waals surface area contributed by atoms with Crippen molar-refractivity contribution in [2.75, 3.05) is 0 Å². The molecule has 0 amide bonds. The number of thiophene rings is 1. The third kappa shape index (κ3) is 3.69. The Labute approximate surface area is 206 Å². The zero-order chi connectivity index (χ0) is 23.3. The van der Waals surface area contributed by atoms with Gasteiger partial charge in [-0.2, -0.15) is 0 Å². The normalized spacial score (nSPS) is 12.0. The second-order valence-corrected chi connectivity index (χ2v) is 21.3. The van der Waals surface area contributed by atoms with E-state index in [1.807, 2.05) is 11.3 Å². The van der Waals surface area contributed by atoms with E-state index in [1.165, 1.54) is 31.2 Å². The van der Waals surface area contributed by atoms with Crippen molar-refractivity contribution in [3.8, 4) is 28.2 Å². The van der Waals surface area contributed by atoms with Gasteiger partial charge in [0.15, 0.2) is 0 Å². The van der Waals surface area contributed by atoms with E-state index in [0.29, 0.717) is 0 Å². The minimum absolute atomic E-state index is 1.01. The Morgan fingerprint density at radius 2 is 1.44 bits per heavy atom. The molecule has 0 aliphatic carbocycles. The van der Waals surface area contributed by atoms with Gasteiger partial charge in [0.1, 0.15) is 0 Å². The van der Waals surface area contributed by atoms with Crippen LogP contribution >= 0.6 is 11.3 Å². The van der Waals surface area contributed by atoms with Gasteiger partial charge in [-0.1, -0.05) is 18.2 Å². The molecule has 4 heteroatoms. The van der Waals surface area contributed by atoms with Crippen molar-refractivity contribution in [3.63, 3.8) is 0 Å². The number of rotatable bonds is 4. The summed E-state index contributed by atoms with van der Waals surface area (Å²) in [4.78, 5) is 5.14. The van der Waals surface area contributed by atoms with Gasteiger partial charge in [-0.05, 0) is 0 Å². The average Bonchev–Trinajstić information content (AvgIpc) is 3.45. The first-order chi connectivity index (χ1) is 16.5. The molecule has 0 unspecified atom stereocenters. The van der Waals surface area contributed by atoms with Gasteiger partial charge in [0.2, 0.25) is 0 Å². The Kier molecular flexibility index (Phi) is 5.20. The molecule has 0 fully saturated rings. The van der Waals surface area contributed by atoms with Gasteiger partial charge < -0.3 is 0 Å². The summed E-state index contributed by atoms with van der Waals surface area (Å²) in [7, 11) is 0. The van der Waals surface area contributed by atoms with E-state index < -0.39 is 13.3 Å². The maximum atomic E-state index is 5.14. The van der Waals surface area contributed by atoms with Gasteiger partial charge in [-0.15, -0.1) is 0 Å². The van der Waals surface area contributed by atoms with E-state index in [9.17, 15) is 0 Å². The van der Waals surface area contributed by atoms with Crippen LogP contribution in [0.2, 0.25) is 17.3 Å². The van der Waals surface area contributed by atoms with Crippen LogP contribution in [0.3, 0.4) is 0 Å². The van der Waals surface area contributed by atoms with Crippen LogP contribution in [0, 0.1) is 0 Å². The molecule has 0 aliphatic heterocycles. The average molecular weight is 519 g/mol. The van der Waals surface area contributed by atoms with Crippen molar-refractivity contribution in [1.29, 1.82) is 0 Å². The minimum atomic E-state index is -1.95. The topological polar surface area (TPSA) is 17.8 Å². The van der Waals surface area contributed by atoms with Crippen LogP contribution in [0.25, 0.3) is 49.3 Å². The Morgan fingerprint density at radius 3 is 2.21 bits per heavy atom. The van der Waals surface area contributed by atoms with Gasteiger partial charge in [0.05, 0.1) is 0 Å². The van der Waals surface area contributed by atoms with Crippen molar-refractivity contribution in [2.24, 2.45) is 0 Å². The molecule has 0 radical (unpaired) electrons. The Morgan fingerprint density at radius 1 is 0.735 bits per heavy atom. The molecule has 2 aromatic heterocycles. The molecule has 2 heterocycles. The van der Waals surface area contributed by atoms with Crippen molar-refractivity contribution < 1.29 is 0 Å². The molecule has 0 N–H and O–H groups in total. The molecular formula is C30H26GeN2S. The number of fused-ring (bicyclic) bond motifs is 2. The van der Waals surface area contributed by atoms with Crippen LogP contribution in [0.1, 0.15) is 0 Å². The van der Waals surface area contributed by atoms with Crippen LogP contribution < -0.4 is 4.40 Å². The van der Waals surface area contributed by atoms with Crippen LogP contribution in [-0.2, 0) is 0 Å². The Balaban J connectivity index is 1.56. The molecule has 0 atom stereocenters. The van der Waals surface area contributed by atoms with Crippen molar-refractivity contribution >= 4 is 50.1 Å². The Bertz CT molecular complexity index is 1620. The fraction of sp³-hybridized carbons (Fsp3) is 0.100. The van der Waals surface area contributed by atoms with Gasteiger partial charge in [-0.25, -0.2) is 0 Å². The summed E-state index contributed by atoms with van der Waals surface area (Å²) >= 11 is -0.140. The zero-order valence-corrected chi connectivity index (χ0v) is 22.5. The molecular weight excluding hydrogens is 493 g/mol. The molecule has 34 heavy (non-hydrogen) atoms. The molecule has 0 aliphatic rings. The van der Waals surface area contributed by atoms with Gasteiger partial charge in [-0.3, -0.25) is 0 Å². The first kappa shape index (κ1) is 21.4. The van der Waals surface area contributed by atoms with E-state index in [1.54, 1.807) is 0 Å². The summed E-state index contributed by atoms with van der Waals surface area (Å²) in [5, 5.41) is 3.60. The van der Waals surface area contributed by atoms with E-state index in [2.05, 4.69) is 124 Å². The molecule has 6 aromatic rings. The molecule has 6 rings (SSSR count). The predicted octanol–water partition coefficient (Wildman–Crippen LogP) is 8.12. The van der Waals surface area contributed by atoms with Gasteiger partial charge >= 0.3 is 189 Å². The standard InChI is InChI=1S/C30H26GeN2S/c1-31(2,3)23-15-18-29-25(19-23)26(20-34-29)30-32-27-11-7-8-12-28(27)33(30)24-16-13-22(14-17-24)21-9-5-4-6-10-21/h4-20H,1-3H3. The molecule has 4 aromatic carbocycles. The maximum absolute atomic E-state index is 5.14. The number of hydrogen-bond acceptors (Lipinski definition) is 2. The van der Waals surface area contributed by atoms with Crippen LogP contribution in [0.5, 0.6) is 0 Å². The number of para-hydroxylation sites is 2. The summed E-state index contributed by atoms with van der Waals surface area (Å²) in [6.07, 6.45) is 0. The summed E-state index contributed by atoms with van der Waals surface area (Å²) in [5.41, 5.74) is 6.96. The first-order valence-corrected chi connectivity index (χ1v) is 19.9. The summed E-state index contributed by atoms with van der Waals surface area (Å²) in [6.45, 7) is 0. The van der Waals surface area contributed by atoms with Crippen molar-refractivity contribution in [3.05, 3.63) is 102 Å². The fourth-order valence-electron chi connectivity index (χ4n) is 4.57. The van der Waals surface area contributed by atoms with E-state index in [4.69, 9.17) is 4.98 Å². The number of aromatic nitrogens is 2. The molecule has 0 bridgehead atoms. The van der Waals surface area contributed by atoms with Crippen LogP contribution in [-0.4, -0.2) is 22.8 Å². The number of imidazole rings is 1. The quantitative estimate of drug-likeness (QED) is 0.215. The SMILES string of the molecule is [CH3][Ge]([CH3])([CH3])[c]1ccc2scc(-c3nc4ccccc4n3-c3ccc(-c4ccccc4)cc3)c2c1. The Hall–Kier alpha value is -3.15. The molecule has 166 valence electrons. The third-order valence-corrected chi connectivity index (χ3v) is 11.7. The van der Waals surface area contributed by atoms with Crippen molar-refractivity contribution in [2.45, 2.75) is 17.3 Å². The number of nitrogens with zero attached hydrogens (tertiary/aromatic N) is 2. The molecule has 0 saturated heterocycles.